The van der Waals surface area contributed by atoms with Gasteiger partial charge < -0.3 is 14.8 Å². The number of aryl methyl sites for hydroxylation is 2. The summed E-state index contributed by atoms with van der Waals surface area (Å²) >= 11 is 0. The van der Waals surface area contributed by atoms with Gasteiger partial charge in [-0.2, -0.15) is 5.26 Å². The fraction of sp³-hybridized carbons (Fsp3) is 0.286. The van der Waals surface area contributed by atoms with Gasteiger partial charge in [0.1, 0.15) is 5.75 Å². The SMILES string of the molecule is Cc1ccc(C)c(OCCC(=O)O[C@@H](C)C(=O)Nc2cccc(C#N)c2)c1. The Morgan fingerprint density at radius 1 is 1.19 bits per heavy atom. The van der Waals surface area contributed by atoms with Crippen molar-refractivity contribution in [1.82, 2.24) is 0 Å². The summed E-state index contributed by atoms with van der Waals surface area (Å²) < 4.78 is 10.8. The standard InChI is InChI=1S/C21H22N2O4/c1-14-7-8-15(2)19(11-14)26-10-9-20(24)27-16(3)21(25)23-18-6-4-5-17(12-18)13-22/h4-8,11-12,16H,9-10H2,1-3H3,(H,23,25)/t16-/m0/s1. The number of ether oxygens (including phenoxy) is 2. The molecule has 0 spiro atoms. The van der Waals surface area contributed by atoms with Crippen molar-refractivity contribution in [2.24, 2.45) is 0 Å². The molecule has 6 nitrogen and oxygen atoms in total. The molecule has 0 aliphatic rings. The highest BCUT2D eigenvalue weighted by atomic mass is 16.5. The van der Waals surface area contributed by atoms with Crippen LogP contribution in [0, 0.1) is 25.2 Å². The molecule has 0 saturated heterocycles. The summed E-state index contributed by atoms with van der Waals surface area (Å²) in [5.74, 6) is -0.256. The lowest BCUT2D eigenvalue weighted by Crippen LogP contribution is -2.30. The molecule has 1 N–H and O–H groups in total. The summed E-state index contributed by atoms with van der Waals surface area (Å²) in [6.07, 6.45) is -0.918. The van der Waals surface area contributed by atoms with Crippen LogP contribution in [0.5, 0.6) is 5.75 Å². The van der Waals surface area contributed by atoms with Gasteiger partial charge in [-0.05, 0) is 56.2 Å². The predicted octanol–water partition coefficient (Wildman–Crippen LogP) is 3.51. The van der Waals surface area contributed by atoms with Gasteiger partial charge in [-0.1, -0.05) is 18.2 Å². The number of carbonyl (C=O) groups excluding carboxylic acids is 2. The molecule has 2 aromatic rings. The number of rotatable bonds is 7. The van der Waals surface area contributed by atoms with Crippen LogP contribution in [0.15, 0.2) is 42.5 Å². The first kappa shape index (κ1) is 20.0. The minimum Gasteiger partial charge on any atom is -0.493 e. The Morgan fingerprint density at radius 2 is 1.96 bits per heavy atom. The maximum atomic E-state index is 12.1. The van der Waals surface area contributed by atoms with Crippen LogP contribution in [0.3, 0.4) is 0 Å². The number of hydrogen-bond donors (Lipinski definition) is 1. The van der Waals surface area contributed by atoms with E-state index in [4.69, 9.17) is 14.7 Å². The van der Waals surface area contributed by atoms with Crippen LogP contribution in [0.2, 0.25) is 0 Å². The Bertz CT molecular complexity index is 871. The van der Waals surface area contributed by atoms with Gasteiger partial charge in [-0.25, -0.2) is 0 Å². The normalized spacial score (nSPS) is 11.2. The number of benzene rings is 2. The lowest BCUT2D eigenvalue weighted by molar-refractivity contribution is -0.153. The molecular weight excluding hydrogens is 344 g/mol. The van der Waals surface area contributed by atoms with Crippen molar-refractivity contribution >= 4 is 17.6 Å². The quantitative estimate of drug-likeness (QED) is 0.758. The van der Waals surface area contributed by atoms with E-state index in [9.17, 15) is 9.59 Å². The Morgan fingerprint density at radius 3 is 2.70 bits per heavy atom. The van der Waals surface area contributed by atoms with E-state index in [0.717, 1.165) is 16.9 Å². The van der Waals surface area contributed by atoms with Crippen molar-refractivity contribution in [2.75, 3.05) is 11.9 Å². The third-order valence-electron chi connectivity index (χ3n) is 3.84. The number of amides is 1. The molecule has 0 aliphatic heterocycles. The zero-order valence-electron chi connectivity index (χ0n) is 15.6. The molecule has 0 saturated carbocycles. The van der Waals surface area contributed by atoms with Gasteiger partial charge in [0.05, 0.1) is 24.7 Å². The van der Waals surface area contributed by atoms with Gasteiger partial charge in [0.15, 0.2) is 6.10 Å². The minimum absolute atomic E-state index is 0.0366. The van der Waals surface area contributed by atoms with Gasteiger partial charge >= 0.3 is 5.97 Å². The Hall–Kier alpha value is -3.33. The van der Waals surface area contributed by atoms with Crippen LogP contribution in [0.4, 0.5) is 5.69 Å². The number of carbonyl (C=O) groups is 2. The van der Waals surface area contributed by atoms with Crippen LogP contribution in [-0.4, -0.2) is 24.6 Å². The molecule has 6 heteroatoms. The molecule has 0 bridgehead atoms. The first-order valence-electron chi connectivity index (χ1n) is 8.59. The molecular formula is C21H22N2O4. The fourth-order valence-corrected chi connectivity index (χ4v) is 2.33. The molecule has 2 rings (SSSR count). The van der Waals surface area contributed by atoms with E-state index in [0.29, 0.717) is 11.3 Å². The fourth-order valence-electron chi connectivity index (χ4n) is 2.33. The number of hydrogen-bond acceptors (Lipinski definition) is 5. The van der Waals surface area contributed by atoms with Crippen LogP contribution in [0.1, 0.15) is 30.0 Å². The van der Waals surface area contributed by atoms with E-state index in [-0.39, 0.29) is 13.0 Å². The zero-order valence-corrected chi connectivity index (χ0v) is 15.6. The molecule has 140 valence electrons. The molecule has 0 unspecified atom stereocenters. The lowest BCUT2D eigenvalue weighted by Gasteiger charge is -2.14. The van der Waals surface area contributed by atoms with Gasteiger partial charge in [-0.15, -0.1) is 0 Å². The van der Waals surface area contributed by atoms with E-state index in [1.807, 2.05) is 38.1 Å². The Kier molecular flexibility index (Phi) is 6.95. The summed E-state index contributed by atoms with van der Waals surface area (Å²) in [5, 5.41) is 11.5. The first-order valence-corrected chi connectivity index (χ1v) is 8.59. The van der Waals surface area contributed by atoms with Gasteiger partial charge in [-0.3, -0.25) is 9.59 Å². The second kappa shape index (κ2) is 9.39. The third kappa shape index (κ3) is 6.15. The molecule has 0 fully saturated rings. The largest absolute Gasteiger partial charge is 0.493 e. The highest BCUT2D eigenvalue weighted by molar-refractivity contribution is 5.95. The van der Waals surface area contributed by atoms with E-state index >= 15 is 0 Å². The second-order valence-corrected chi connectivity index (χ2v) is 6.18. The number of nitrogens with one attached hydrogen (secondary N) is 1. The maximum absolute atomic E-state index is 12.1. The van der Waals surface area contributed by atoms with E-state index in [2.05, 4.69) is 5.32 Å². The molecule has 0 radical (unpaired) electrons. The summed E-state index contributed by atoms with van der Waals surface area (Å²) in [7, 11) is 0. The zero-order chi connectivity index (χ0) is 19.8. The third-order valence-corrected chi connectivity index (χ3v) is 3.84. The molecule has 2 aromatic carbocycles. The second-order valence-electron chi connectivity index (χ2n) is 6.18. The Balaban J connectivity index is 1.79. The van der Waals surface area contributed by atoms with E-state index in [1.165, 1.54) is 6.92 Å². The van der Waals surface area contributed by atoms with Crippen molar-refractivity contribution in [1.29, 1.82) is 5.26 Å². The van der Waals surface area contributed by atoms with Crippen LogP contribution in [-0.2, 0) is 14.3 Å². The highest BCUT2D eigenvalue weighted by Gasteiger charge is 2.18. The van der Waals surface area contributed by atoms with Gasteiger partial charge in [0.2, 0.25) is 0 Å². The summed E-state index contributed by atoms with van der Waals surface area (Å²) in [6.45, 7) is 5.56. The minimum atomic E-state index is -0.955. The molecule has 0 heterocycles. The monoisotopic (exact) mass is 366 g/mol. The van der Waals surface area contributed by atoms with E-state index < -0.39 is 18.0 Å². The summed E-state index contributed by atoms with van der Waals surface area (Å²) in [6, 6.07) is 14.3. The average Bonchev–Trinajstić information content (AvgIpc) is 2.64. The number of nitrogens with zero attached hydrogens (tertiary/aromatic N) is 1. The predicted molar refractivity (Wildman–Crippen MR) is 101 cm³/mol. The Labute approximate surface area is 158 Å². The molecule has 1 amide bonds. The van der Waals surface area contributed by atoms with Crippen molar-refractivity contribution in [3.8, 4) is 11.8 Å². The molecule has 0 aliphatic carbocycles. The number of nitriles is 1. The highest BCUT2D eigenvalue weighted by Crippen LogP contribution is 2.19. The summed E-state index contributed by atoms with van der Waals surface area (Å²) in [4.78, 5) is 24.1. The average molecular weight is 366 g/mol. The number of esters is 1. The molecule has 0 aromatic heterocycles. The van der Waals surface area contributed by atoms with Crippen LogP contribution >= 0.6 is 0 Å². The lowest BCUT2D eigenvalue weighted by atomic mass is 10.1. The smallest absolute Gasteiger partial charge is 0.310 e. The molecule has 27 heavy (non-hydrogen) atoms. The topological polar surface area (TPSA) is 88.4 Å². The maximum Gasteiger partial charge on any atom is 0.310 e. The summed E-state index contributed by atoms with van der Waals surface area (Å²) in [5.41, 5.74) is 2.96. The first-order chi connectivity index (χ1) is 12.9. The molecule has 1 atom stereocenters. The van der Waals surface area contributed by atoms with Gasteiger partial charge in [0.25, 0.3) is 5.91 Å². The van der Waals surface area contributed by atoms with E-state index in [1.54, 1.807) is 24.3 Å². The van der Waals surface area contributed by atoms with Crippen molar-refractivity contribution in [2.45, 2.75) is 33.3 Å². The van der Waals surface area contributed by atoms with Crippen molar-refractivity contribution < 1.29 is 19.1 Å². The van der Waals surface area contributed by atoms with Crippen LogP contribution < -0.4 is 10.1 Å². The van der Waals surface area contributed by atoms with Gasteiger partial charge in [0, 0.05) is 5.69 Å². The number of anilines is 1. The van der Waals surface area contributed by atoms with Crippen molar-refractivity contribution in [3.05, 3.63) is 59.2 Å². The van der Waals surface area contributed by atoms with Crippen LogP contribution in [0.25, 0.3) is 0 Å². The van der Waals surface area contributed by atoms with Crippen molar-refractivity contribution in [3.63, 3.8) is 0 Å².